The molecule has 190 valence electrons. The van der Waals surface area contributed by atoms with Gasteiger partial charge in [0.2, 0.25) is 0 Å². The van der Waals surface area contributed by atoms with E-state index in [0.29, 0.717) is 13.0 Å². The molecule has 1 amide bonds. The van der Waals surface area contributed by atoms with Crippen LogP contribution in [-0.2, 0) is 29.0 Å². The molecule has 1 atom stereocenters. The van der Waals surface area contributed by atoms with Crippen LogP contribution in [0, 0.1) is 0 Å². The van der Waals surface area contributed by atoms with Crippen molar-refractivity contribution in [3.05, 3.63) is 95.6 Å². The van der Waals surface area contributed by atoms with Gasteiger partial charge in [0.1, 0.15) is 23.7 Å². The van der Waals surface area contributed by atoms with E-state index >= 15 is 0 Å². The molecule has 6 nitrogen and oxygen atoms in total. The first-order valence-corrected chi connectivity index (χ1v) is 12.0. The summed E-state index contributed by atoms with van der Waals surface area (Å²) in [6, 6.07) is 24.3. The Morgan fingerprint density at radius 1 is 0.806 bits per heavy atom. The number of nitrogens with zero attached hydrogens (tertiary/aromatic N) is 1. The molecule has 0 fully saturated rings. The van der Waals surface area contributed by atoms with Crippen molar-refractivity contribution in [3.63, 3.8) is 0 Å². The van der Waals surface area contributed by atoms with Crippen LogP contribution in [0.15, 0.2) is 78.9 Å². The molecule has 0 aliphatic rings. The average molecular weight is 490 g/mol. The Bertz CT molecular complexity index is 1120. The maximum absolute atomic E-state index is 13.4. The zero-order valence-corrected chi connectivity index (χ0v) is 21.7. The highest BCUT2D eigenvalue weighted by Crippen LogP contribution is 2.20. The van der Waals surface area contributed by atoms with Crippen molar-refractivity contribution in [2.24, 2.45) is 0 Å². The predicted molar refractivity (Wildman–Crippen MR) is 140 cm³/mol. The number of amides is 1. The van der Waals surface area contributed by atoms with E-state index in [2.05, 4.69) is 0 Å². The summed E-state index contributed by atoms with van der Waals surface area (Å²) in [7, 11) is 3.21. The zero-order valence-electron chi connectivity index (χ0n) is 21.7. The van der Waals surface area contributed by atoms with Gasteiger partial charge >= 0.3 is 6.09 Å². The maximum atomic E-state index is 13.4. The number of methoxy groups -OCH3 is 1. The van der Waals surface area contributed by atoms with Crippen molar-refractivity contribution in [2.45, 2.75) is 51.9 Å². The molecular weight excluding hydrogens is 454 g/mol. The minimum Gasteiger partial charge on any atom is -0.497 e. The van der Waals surface area contributed by atoms with E-state index in [1.165, 1.54) is 4.90 Å². The SMILES string of the molecule is COc1ccc(CC(=O)C(Cc2ccc(OCc3ccccc3)cc2)N(C)C(=O)OC(C)(C)C)cc1. The number of ketones is 1. The summed E-state index contributed by atoms with van der Waals surface area (Å²) < 4.78 is 16.6. The summed E-state index contributed by atoms with van der Waals surface area (Å²) in [6.07, 6.45) is 0.0300. The monoisotopic (exact) mass is 489 g/mol. The molecule has 0 bridgehead atoms. The Morgan fingerprint density at radius 2 is 1.39 bits per heavy atom. The number of carbonyl (C=O) groups is 2. The van der Waals surface area contributed by atoms with Crippen LogP contribution in [0.25, 0.3) is 0 Å². The highest BCUT2D eigenvalue weighted by atomic mass is 16.6. The van der Waals surface area contributed by atoms with Gasteiger partial charge in [-0.25, -0.2) is 4.79 Å². The summed E-state index contributed by atoms with van der Waals surface area (Å²) in [6.45, 7) is 5.90. The van der Waals surface area contributed by atoms with Gasteiger partial charge in [-0.2, -0.15) is 0 Å². The van der Waals surface area contributed by atoms with Gasteiger partial charge in [-0.3, -0.25) is 4.79 Å². The predicted octanol–water partition coefficient (Wildman–Crippen LogP) is 5.86. The fourth-order valence-corrected chi connectivity index (χ4v) is 3.68. The molecule has 0 aromatic heterocycles. The number of hydrogen-bond donors (Lipinski definition) is 0. The zero-order chi connectivity index (χ0) is 26.1. The normalized spacial score (nSPS) is 11.9. The number of likely N-dealkylation sites (N-methyl/N-ethyl adjacent to an activating group) is 1. The van der Waals surface area contributed by atoms with Gasteiger partial charge in [-0.1, -0.05) is 54.6 Å². The third-order valence-corrected chi connectivity index (χ3v) is 5.66. The van der Waals surface area contributed by atoms with Crippen LogP contribution in [0.1, 0.15) is 37.5 Å². The molecule has 0 N–H and O–H groups in total. The molecule has 0 spiro atoms. The number of ether oxygens (including phenoxy) is 3. The maximum Gasteiger partial charge on any atom is 0.410 e. The highest BCUT2D eigenvalue weighted by Gasteiger charge is 2.30. The largest absolute Gasteiger partial charge is 0.497 e. The lowest BCUT2D eigenvalue weighted by molar-refractivity contribution is -0.123. The standard InChI is InChI=1S/C30H35NO5/c1-30(2,3)36-29(33)31(4)27(28(32)20-23-11-15-25(34-5)16-12-23)19-22-13-17-26(18-14-22)35-21-24-9-7-6-8-10-24/h6-18,27H,19-21H2,1-5H3. The summed E-state index contributed by atoms with van der Waals surface area (Å²) in [5, 5.41) is 0. The molecule has 3 aromatic carbocycles. The van der Waals surface area contributed by atoms with Gasteiger partial charge in [-0.05, 0) is 61.7 Å². The average Bonchev–Trinajstić information content (AvgIpc) is 2.86. The van der Waals surface area contributed by atoms with Gasteiger partial charge < -0.3 is 19.1 Å². The first kappa shape index (κ1) is 26.8. The number of Topliss-reactive ketones (excluding diaryl/α,β-unsaturated/α-hetero) is 1. The molecule has 0 saturated heterocycles. The molecule has 3 aromatic rings. The Morgan fingerprint density at radius 3 is 1.97 bits per heavy atom. The summed E-state index contributed by atoms with van der Waals surface area (Å²) >= 11 is 0. The van der Waals surface area contributed by atoms with Gasteiger partial charge in [0, 0.05) is 19.9 Å². The number of benzene rings is 3. The van der Waals surface area contributed by atoms with Gasteiger partial charge in [-0.15, -0.1) is 0 Å². The molecule has 1 unspecified atom stereocenters. The fraction of sp³-hybridized carbons (Fsp3) is 0.333. The molecule has 0 aliphatic heterocycles. The molecule has 3 rings (SSSR count). The van der Waals surface area contributed by atoms with E-state index in [9.17, 15) is 9.59 Å². The van der Waals surface area contributed by atoms with Gasteiger partial charge in [0.05, 0.1) is 13.2 Å². The molecule has 6 heteroatoms. The van der Waals surface area contributed by atoms with Crippen molar-refractivity contribution in [3.8, 4) is 11.5 Å². The van der Waals surface area contributed by atoms with Crippen LogP contribution in [0.5, 0.6) is 11.5 Å². The summed E-state index contributed by atoms with van der Waals surface area (Å²) in [5.74, 6) is 1.39. The van der Waals surface area contributed by atoms with E-state index < -0.39 is 17.7 Å². The second-order valence-corrected chi connectivity index (χ2v) is 9.72. The molecule has 0 heterocycles. The molecule has 0 aliphatic carbocycles. The third-order valence-electron chi connectivity index (χ3n) is 5.66. The quantitative estimate of drug-likeness (QED) is 0.357. The summed E-state index contributed by atoms with van der Waals surface area (Å²) in [5.41, 5.74) is 2.20. The van der Waals surface area contributed by atoms with E-state index in [4.69, 9.17) is 14.2 Å². The second-order valence-electron chi connectivity index (χ2n) is 9.72. The highest BCUT2D eigenvalue weighted by molar-refractivity contribution is 5.89. The van der Waals surface area contributed by atoms with Crippen LogP contribution in [0.4, 0.5) is 4.79 Å². The van der Waals surface area contributed by atoms with Crippen molar-refractivity contribution in [2.75, 3.05) is 14.2 Å². The van der Waals surface area contributed by atoms with Gasteiger partial charge in [0.25, 0.3) is 0 Å². The van der Waals surface area contributed by atoms with Crippen molar-refractivity contribution >= 4 is 11.9 Å². The van der Waals surface area contributed by atoms with E-state index in [-0.39, 0.29) is 12.2 Å². The lowest BCUT2D eigenvalue weighted by atomic mass is 9.96. The first-order chi connectivity index (χ1) is 17.1. The molecule has 0 radical (unpaired) electrons. The van der Waals surface area contributed by atoms with Crippen molar-refractivity contribution < 1.29 is 23.8 Å². The smallest absolute Gasteiger partial charge is 0.410 e. The number of carbonyl (C=O) groups excluding carboxylic acids is 2. The minimum absolute atomic E-state index is 0.0714. The topological polar surface area (TPSA) is 65.1 Å². The molecule has 36 heavy (non-hydrogen) atoms. The fourth-order valence-electron chi connectivity index (χ4n) is 3.68. The van der Waals surface area contributed by atoms with Crippen molar-refractivity contribution in [1.82, 2.24) is 4.90 Å². The molecule has 0 saturated carbocycles. The Kier molecular flexibility index (Phi) is 9.12. The first-order valence-electron chi connectivity index (χ1n) is 12.0. The van der Waals surface area contributed by atoms with E-state index in [1.54, 1.807) is 34.9 Å². The van der Waals surface area contributed by atoms with E-state index in [0.717, 1.165) is 28.2 Å². The van der Waals surface area contributed by atoms with Crippen LogP contribution in [0.3, 0.4) is 0 Å². The van der Waals surface area contributed by atoms with Crippen LogP contribution >= 0.6 is 0 Å². The molecular formula is C30H35NO5. The van der Waals surface area contributed by atoms with Crippen molar-refractivity contribution in [1.29, 1.82) is 0 Å². The Labute approximate surface area is 213 Å². The van der Waals surface area contributed by atoms with E-state index in [1.807, 2.05) is 78.9 Å². The summed E-state index contributed by atoms with van der Waals surface area (Å²) in [4.78, 5) is 27.6. The Balaban J connectivity index is 1.73. The lowest BCUT2D eigenvalue weighted by Crippen LogP contribution is -2.46. The Hall–Kier alpha value is -3.80. The lowest BCUT2D eigenvalue weighted by Gasteiger charge is -2.30. The number of hydrogen-bond acceptors (Lipinski definition) is 5. The van der Waals surface area contributed by atoms with Gasteiger partial charge in [0.15, 0.2) is 5.78 Å². The van der Waals surface area contributed by atoms with Crippen LogP contribution in [0.2, 0.25) is 0 Å². The van der Waals surface area contributed by atoms with Crippen LogP contribution in [-0.4, -0.2) is 42.6 Å². The van der Waals surface area contributed by atoms with Crippen LogP contribution < -0.4 is 9.47 Å². The number of rotatable bonds is 10. The minimum atomic E-state index is -0.682. The second kappa shape index (κ2) is 12.2. The third kappa shape index (κ3) is 8.15.